The molecule has 0 saturated carbocycles. The zero-order valence-corrected chi connectivity index (χ0v) is 17.1. The van der Waals surface area contributed by atoms with Crippen molar-refractivity contribution in [2.24, 2.45) is 4.99 Å². The lowest BCUT2D eigenvalue weighted by atomic mass is 10.3. The van der Waals surface area contributed by atoms with Crippen molar-refractivity contribution in [1.82, 2.24) is 20.9 Å². The van der Waals surface area contributed by atoms with Gasteiger partial charge in [0.25, 0.3) is 0 Å². The number of aliphatic imine (C=N–C) groups is 1. The van der Waals surface area contributed by atoms with E-state index in [0.717, 1.165) is 19.5 Å². The van der Waals surface area contributed by atoms with Gasteiger partial charge in [0.05, 0.1) is 0 Å². The quantitative estimate of drug-likeness (QED) is 0.268. The van der Waals surface area contributed by atoms with E-state index in [1.807, 2.05) is 27.7 Å². The molecule has 0 aliphatic rings. The summed E-state index contributed by atoms with van der Waals surface area (Å²) < 4.78 is 0. The molecule has 136 valence electrons. The monoisotopic (exact) mass is 441 g/mol. The van der Waals surface area contributed by atoms with Crippen molar-refractivity contribution < 1.29 is 9.59 Å². The Morgan fingerprint density at radius 3 is 2.13 bits per heavy atom. The van der Waals surface area contributed by atoms with Gasteiger partial charge in [-0.25, -0.2) is 4.99 Å². The molecule has 0 saturated heterocycles. The molecule has 0 bridgehead atoms. The summed E-state index contributed by atoms with van der Waals surface area (Å²) in [4.78, 5) is 29.4. The number of nitrogens with zero attached hydrogens (tertiary/aromatic N) is 2. The molecule has 2 amide bonds. The molecule has 0 spiro atoms. The molecule has 0 aromatic rings. The van der Waals surface area contributed by atoms with Crippen LogP contribution in [0, 0.1) is 0 Å². The number of halogens is 1. The second-order valence-electron chi connectivity index (χ2n) is 4.79. The van der Waals surface area contributed by atoms with Crippen LogP contribution in [0.2, 0.25) is 0 Å². The third-order valence-corrected chi connectivity index (χ3v) is 3.04. The van der Waals surface area contributed by atoms with Gasteiger partial charge >= 0.3 is 0 Å². The van der Waals surface area contributed by atoms with E-state index in [2.05, 4.69) is 20.9 Å². The van der Waals surface area contributed by atoms with Gasteiger partial charge in [-0.3, -0.25) is 9.59 Å². The van der Waals surface area contributed by atoms with Crippen LogP contribution in [0.15, 0.2) is 4.99 Å². The molecule has 0 aliphatic heterocycles. The molecule has 0 fully saturated rings. The first kappa shape index (κ1) is 24.2. The summed E-state index contributed by atoms with van der Waals surface area (Å²) in [6, 6.07) is 0. The van der Waals surface area contributed by atoms with Crippen LogP contribution in [0.4, 0.5) is 0 Å². The predicted octanol–water partition coefficient (Wildman–Crippen LogP) is 0.944. The van der Waals surface area contributed by atoms with Gasteiger partial charge in [0.2, 0.25) is 11.8 Å². The van der Waals surface area contributed by atoms with Crippen LogP contribution >= 0.6 is 24.0 Å². The van der Waals surface area contributed by atoms with Crippen molar-refractivity contribution in [1.29, 1.82) is 0 Å². The van der Waals surface area contributed by atoms with Crippen molar-refractivity contribution in [3.63, 3.8) is 0 Å². The lowest BCUT2D eigenvalue weighted by Crippen LogP contribution is -2.40. The zero-order valence-electron chi connectivity index (χ0n) is 14.8. The summed E-state index contributed by atoms with van der Waals surface area (Å²) in [7, 11) is 0. The maximum atomic E-state index is 11.9. The molecular formula is C15H32IN5O2. The molecule has 0 aliphatic carbocycles. The largest absolute Gasteiger partial charge is 0.357 e. The van der Waals surface area contributed by atoms with Gasteiger partial charge in [0, 0.05) is 39.1 Å². The number of guanidine groups is 1. The number of nitrogens with one attached hydrogen (secondary N) is 3. The van der Waals surface area contributed by atoms with Crippen LogP contribution in [0.1, 0.15) is 40.5 Å². The van der Waals surface area contributed by atoms with Crippen LogP contribution in [0.25, 0.3) is 0 Å². The van der Waals surface area contributed by atoms with Crippen molar-refractivity contribution >= 4 is 41.8 Å². The van der Waals surface area contributed by atoms with Crippen molar-refractivity contribution in [3.05, 3.63) is 0 Å². The van der Waals surface area contributed by atoms with Crippen LogP contribution in [0.5, 0.6) is 0 Å². The summed E-state index contributed by atoms with van der Waals surface area (Å²) in [5.41, 5.74) is 0. The van der Waals surface area contributed by atoms with E-state index < -0.39 is 0 Å². The molecule has 0 rings (SSSR count). The van der Waals surface area contributed by atoms with E-state index >= 15 is 0 Å². The van der Waals surface area contributed by atoms with Crippen molar-refractivity contribution in [3.8, 4) is 0 Å². The van der Waals surface area contributed by atoms with Crippen molar-refractivity contribution in [2.75, 3.05) is 39.3 Å². The maximum absolute atomic E-state index is 11.9. The Kier molecular flexibility index (Phi) is 16.6. The highest BCUT2D eigenvalue weighted by Gasteiger charge is 2.09. The fourth-order valence-corrected chi connectivity index (χ4v) is 1.84. The van der Waals surface area contributed by atoms with E-state index in [1.54, 1.807) is 4.90 Å². The average molecular weight is 441 g/mol. The molecule has 0 unspecified atom stereocenters. The Balaban J connectivity index is 0. The predicted molar refractivity (Wildman–Crippen MR) is 105 cm³/mol. The molecule has 0 aromatic carbocycles. The number of amides is 2. The number of rotatable bonds is 10. The molecular weight excluding hydrogens is 409 g/mol. The Bertz CT molecular complexity index is 360. The fraction of sp³-hybridized carbons (Fsp3) is 0.800. The Morgan fingerprint density at radius 1 is 0.957 bits per heavy atom. The lowest BCUT2D eigenvalue weighted by molar-refractivity contribution is -0.130. The standard InChI is InChI=1S/C15H31N5O2.HI/c1-5-10-17-13(21)12-19-15(16-6-2)18-11-9-14(22)20(7-3)8-4;/h5-12H2,1-4H3,(H,17,21)(H2,16,18,19);1H. The number of carbonyl (C=O) groups is 2. The molecule has 8 heteroatoms. The Labute approximate surface area is 157 Å². The maximum Gasteiger partial charge on any atom is 0.241 e. The first-order valence-electron chi connectivity index (χ1n) is 8.15. The number of hydrogen-bond acceptors (Lipinski definition) is 3. The minimum Gasteiger partial charge on any atom is -0.357 e. The second-order valence-corrected chi connectivity index (χ2v) is 4.79. The zero-order chi connectivity index (χ0) is 16.8. The first-order valence-corrected chi connectivity index (χ1v) is 8.15. The van der Waals surface area contributed by atoms with Gasteiger partial charge in [-0.05, 0) is 27.2 Å². The highest BCUT2D eigenvalue weighted by Crippen LogP contribution is 1.92. The summed E-state index contributed by atoms with van der Waals surface area (Å²) >= 11 is 0. The minimum absolute atomic E-state index is 0. The smallest absolute Gasteiger partial charge is 0.241 e. The van der Waals surface area contributed by atoms with E-state index in [1.165, 1.54) is 0 Å². The van der Waals surface area contributed by atoms with E-state index in [9.17, 15) is 9.59 Å². The summed E-state index contributed by atoms with van der Waals surface area (Å²) in [6.07, 6.45) is 1.31. The lowest BCUT2D eigenvalue weighted by Gasteiger charge is -2.19. The van der Waals surface area contributed by atoms with Gasteiger partial charge < -0.3 is 20.9 Å². The molecule has 23 heavy (non-hydrogen) atoms. The third-order valence-electron chi connectivity index (χ3n) is 3.04. The molecule has 0 atom stereocenters. The molecule has 0 radical (unpaired) electrons. The van der Waals surface area contributed by atoms with Crippen molar-refractivity contribution in [2.45, 2.75) is 40.5 Å². The first-order chi connectivity index (χ1) is 10.6. The highest BCUT2D eigenvalue weighted by atomic mass is 127. The van der Waals surface area contributed by atoms with E-state index in [-0.39, 0.29) is 42.3 Å². The highest BCUT2D eigenvalue weighted by molar-refractivity contribution is 14.0. The third kappa shape index (κ3) is 12.1. The van der Waals surface area contributed by atoms with Gasteiger partial charge in [-0.2, -0.15) is 0 Å². The van der Waals surface area contributed by atoms with Gasteiger partial charge in [0.15, 0.2) is 5.96 Å². The summed E-state index contributed by atoms with van der Waals surface area (Å²) in [5.74, 6) is 0.578. The Hall–Kier alpha value is -1.06. The average Bonchev–Trinajstić information content (AvgIpc) is 2.51. The Morgan fingerprint density at radius 2 is 1.61 bits per heavy atom. The molecule has 3 N–H and O–H groups in total. The normalized spacial score (nSPS) is 10.5. The molecule has 0 heterocycles. The van der Waals surface area contributed by atoms with Crippen LogP contribution in [-0.2, 0) is 9.59 Å². The van der Waals surface area contributed by atoms with Gasteiger partial charge in [-0.1, -0.05) is 6.92 Å². The number of hydrogen-bond donors (Lipinski definition) is 3. The van der Waals surface area contributed by atoms with Gasteiger partial charge in [-0.15, -0.1) is 24.0 Å². The molecule has 7 nitrogen and oxygen atoms in total. The summed E-state index contributed by atoms with van der Waals surface area (Å²) in [6.45, 7) is 11.3. The topological polar surface area (TPSA) is 85.8 Å². The second kappa shape index (κ2) is 15.8. The SMILES string of the molecule is CCCNC(=O)CN=C(NCC)NCCC(=O)N(CC)CC.I. The fourth-order valence-electron chi connectivity index (χ4n) is 1.84. The van der Waals surface area contributed by atoms with Gasteiger partial charge in [0.1, 0.15) is 6.54 Å². The minimum atomic E-state index is -0.0988. The van der Waals surface area contributed by atoms with E-state index in [0.29, 0.717) is 32.0 Å². The number of carbonyl (C=O) groups excluding carboxylic acids is 2. The van der Waals surface area contributed by atoms with Crippen LogP contribution < -0.4 is 16.0 Å². The van der Waals surface area contributed by atoms with Crippen LogP contribution in [-0.4, -0.2) is 61.9 Å². The van der Waals surface area contributed by atoms with Crippen LogP contribution in [0.3, 0.4) is 0 Å². The van der Waals surface area contributed by atoms with E-state index in [4.69, 9.17) is 0 Å². The molecule has 0 aromatic heterocycles. The summed E-state index contributed by atoms with van der Waals surface area (Å²) in [5, 5.41) is 8.91.